The number of allylic oxidation sites excluding steroid dienone is 2. The van der Waals surface area contributed by atoms with Crippen LogP contribution in [-0.4, -0.2) is 20.9 Å². The molecule has 6 nitrogen and oxygen atoms in total. The van der Waals surface area contributed by atoms with Crippen LogP contribution in [0.15, 0.2) is 93.9 Å². The average molecular weight is 850 g/mol. The summed E-state index contributed by atoms with van der Waals surface area (Å²) in [6.07, 6.45) is 8.00. The molecule has 1 radical (unpaired) electrons. The topological polar surface area (TPSA) is 89.4 Å². The number of rotatable bonds is 9. The third kappa shape index (κ3) is 7.65. The Morgan fingerprint density at radius 3 is 2.18 bits per heavy atom. The maximum absolute atomic E-state index is 12.2. The van der Waals surface area contributed by atoms with E-state index in [1.807, 2.05) is 77.9 Å². The van der Waals surface area contributed by atoms with E-state index in [4.69, 9.17) is 8.83 Å². The molecule has 0 unspecified atom stereocenters. The molecule has 50 heavy (non-hydrogen) atoms. The maximum Gasteiger partial charge on any atom is 0.222 e. The Bertz CT molecular complexity index is 2120. The molecule has 0 aliphatic heterocycles. The van der Waals surface area contributed by atoms with Crippen LogP contribution < -0.4 is 0 Å². The number of aliphatic hydroxyl groups excluding tert-OH is 1. The van der Waals surface area contributed by atoms with Gasteiger partial charge in [0.15, 0.2) is 5.78 Å². The first-order valence-corrected chi connectivity index (χ1v) is 17.4. The molecule has 0 aliphatic carbocycles. The molecule has 0 aliphatic rings. The number of hydrogen-bond acceptors (Lipinski definition) is 6. The van der Waals surface area contributed by atoms with Gasteiger partial charge >= 0.3 is 0 Å². The molecule has 0 bridgehead atoms. The zero-order valence-electron chi connectivity index (χ0n) is 30.7. The van der Waals surface area contributed by atoms with Crippen molar-refractivity contribution in [1.29, 1.82) is 0 Å². The molecule has 7 heteroatoms. The maximum atomic E-state index is 12.2. The van der Waals surface area contributed by atoms with Crippen LogP contribution >= 0.6 is 0 Å². The van der Waals surface area contributed by atoms with Gasteiger partial charge in [0.25, 0.3) is 0 Å². The van der Waals surface area contributed by atoms with E-state index in [1.165, 1.54) is 17.0 Å². The van der Waals surface area contributed by atoms with Gasteiger partial charge < -0.3 is 13.9 Å². The van der Waals surface area contributed by atoms with Gasteiger partial charge in [-0.15, -0.1) is 29.1 Å². The average Bonchev–Trinajstić information content (AvgIpc) is 3.78. The Morgan fingerprint density at radius 1 is 0.840 bits per heavy atom. The normalized spacial score (nSPS) is 12.5. The summed E-state index contributed by atoms with van der Waals surface area (Å²) >= 11 is 0. The molecule has 3 heterocycles. The Kier molecular flexibility index (Phi) is 12.0. The van der Waals surface area contributed by atoms with Crippen LogP contribution in [0.2, 0.25) is 0 Å². The summed E-state index contributed by atoms with van der Waals surface area (Å²) in [6, 6.07) is 24.1. The molecule has 3 aromatic heterocycles. The summed E-state index contributed by atoms with van der Waals surface area (Å²) in [5.41, 5.74) is 4.63. The second-order valence-corrected chi connectivity index (χ2v) is 14.5. The molecular formula is C43H49IrN2O4-. The van der Waals surface area contributed by atoms with Crippen molar-refractivity contribution in [2.24, 2.45) is 10.8 Å². The van der Waals surface area contributed by atoms with Crippen LogP contribution in [0.3, 0.4) is 0 Å². The second-order valence-electron chi connectivity index (χ2n) is 14.5. The second kappa shape index (κ2) is 15.4. The van der Waals surface area contributed by atoms with Crippen LogP contribution in [0.4, 0.5) is 0 Å². The molecule has 0 spiro atoms. The van der Waals surface area contributed by atoms with E-state index in [2.05, 4.69) is 61.1 Å². The molecule has 3 aromatic carbocycles. The van der Waals surface area contributed by atoms with Crippen molar-refractivity contribution >= 4 is 38.6 Å². The fourth-order valence-corrected chi connectivity index (χ4v) is 6.05. The van der Waals surface area contributed by atoms with Gasteiger partial charge in [0.2, 0.25) is 5.71 Å². The van der Waals surface area contributed by atoms with E-state index in [0.29, 0.717) is 11.5 Å². The molecule has 0 amide bonds. The van der Waals surface area contributed by atoms with Gasteiger partial charge in [0, 0.05) is 53.5 Å². The van der Waals surface area contributed by atoms with Crippen molar-refractivity contribution < 1.29 is 38.8 Å². The number of ketones is 1. The Morgan fingerprint density at radius 2 is 1.52 bits per heavy atom. The number of nitrogens with zero attached hydrogens (tertiary/aromatic N) is 2. The van der Waals surface area contributed by atoms with E-state index in [9.17, 15) is 9.90 Å². The van der Waals surface area contributed by atoms with Crippen LogP contribution in [0.1, 0.15) is 93.6 Å². The minimum atomic E-state index is -0.337. The van der Waals surface area contributed by atoms with E-state index < -0.39 is 0 Å². The molecule has 1 N–H and O–H groups in total. The zero-order valence-corrected chi connectivity index (χ0v) is 33.1. The molecule has 265 valence electrons. The first-order valence-electron chi connectivity index (χ1n) is 17.4. The Labute approximate surface area is 309 Å². The van der Waals surface area contributed by atoms with Crippen molar-refractivity contribution in [3.63, 3.8) is 0 Å². The van der Waals surface area contributed by atoms with Crippen LogP contribution in [-0.2, 0) is 30.3 Å². The Balaban J connectivity index is 0.000000269. The number of furan rings is 2. The first-order chi connectivity index (χ1) is 23.3. The number of carbonyl (C=O) groups excluding carboxylic acids is 1. The smallest absolute Gasteiger partial charge is 0.222 e. The summed E-state index contributed by atoms with van der Waals surface area (Å²) in [6.45, 7) is 18.8. The number of aromatic nitrogens is 2. The van der Waals surface area contributed by atoms with Gasteiger partial charge in [-0.05, 0) is 49.3 Å². The number of para-hydroxylation sites is 1. The van der Waals surface area contributed by atoms with Crippen molar-refractivity contribution in [2.75, 3.05) is 0 Å². The minimum Gasteiger partial charge on any atom is -0.512 e. The molecule has 0 atom stereocenters. The summed E-state index contributed by atoms with van der Waals surface area (Å²) in [7, 11) is 0. The molecule has 6 rings (SSSR count). The summed E-state index contributed by atoms with van der Waals surface area (Å²) < 4.78 is 11.9. The van der Waals surface area contributed by atoms with E-state index >= 15 is 0 Å². The predicted molar refractivity (Wildman–Crippen MR) is 201 cm³/mol. The van der Waals surface area contributed by atoms with Gasteiger partial charge in [-0.1, -0.05) is 104 Å². The molecular weight excluding hydrogens is 801 g/mol. The number of carbonyl (C=O) groups is 1. The summed E-state index contributed by atoms with van der Waals surface area (Å²) in [4.78, 5) is 21.2. The van der Waals surface area contributed by atoms with Crippen molar-refractivity contribution in [3.05, 3.63) is 96.7 Å². The minimum absolute atomic E-state index is 0. The summed E-state index contributed by atoms with van der Waals surface area (Å²) in [5.74, 6) is 0.993. The number of hydrogen-bond donors (Lipinski definition) is 1. The van der Waals surface area contributed by atoms with Crippen molar-refractivity contribution in [2.45, 2.75) is 93.4 Å². The summed E-state index contributed by atoms with van der Waals surface area (Å²) in [5, 5.41) is 14.3. The van der Waals surface area contributed by atoms with Gasteiger partial charge in [-0.2, -0.15) is 0 Å². The third-order valence-corrected chi connectivity index (χ3v) is 10.5. The predicted octanol–water partition coefficient (Wildman–Crippen LogP) is 12.2. The third-order valence-electron chi connectivity index (χ3n) is 10.5. The molecule has 0 saturated heterocycles. The Hall–Kier alpha value is -4.06. The SMILES string of the molecule is CC(C)(C)c1cc(-c2ncnc3oc(-c4cccc5ccoc45)cc23)[c-]c2ccccc12.CCC(C)(CC)C(=O)/C=C(\O)C(C)(CC)CC.[Ir]. The van der Waals surface area contributed by atoms with Crippen molar-refractivity contribution in [3.8, 4) is 22.6 Å². The van der Waals surface area contributed by atoms with Crippen molar-refractivity contribution in [1.82, 2.24) is 9.97 Å². The van der Waals surface area contributed by atoms with Crippen LogP contribution in [0.5, 0.6) is 0 Å². The van der Waals surface area contributed by atoms with E-state index in [0.717, 1.165) is 64.2 Å². The molecule has 0 saturated carbocycles. The van der Waals surface area contributed by atoms with Gasteiger partial charge in [0.1, 0.15) is 23.4 Å². The largest absolute Gasteiger partial charge is 0.512 e. The zero-order chi connectivity index (χ0) is 35.6. The van der Waals surface area contributed by atoms with Gasteiger partial charge in [0.05, 0.1) is 11.8 Å². The number of aliphatic hydroxyl groups is 1. The fourth-order valence-electron chi connectivity index (χ4n) is 6.05. The fraction of sp³-hybridized carbons (Fsp3) is 0.372. The van der Waals surface area contributed by atoms with Crippen LogP contribution in [0, 0.1) is 16.9 Å². The quantitative estimate of drug-likeness (QED) is 0.0885. The van der Waals surface area contributed by atoms with Gasteiger partial charge in [-0.25, -0.2) is 4.98 Å². The monoisotopic (exact) mass is 850 g/mol. The molecule has 6 aromatic rings. The first kappa shape index (κ1) is 38.7. The number of fused-ring (bicyclic) bond motifs is 3. The van der Waals surface area contributed by atoms with E-state index in [1.54, 1.807) is 12.6 Å². The van der Waals surface area contributed by atoms with E-state index in [-0.39, 0.29) is 47.9 Å². The molecule has 0 fully saturated rings. The standard InChI is InChI=1S/C28H21N2O2.C15H28O2.Ir/c1-28(2,3)23-14-19(13-18-7-4-5-9-20(18)23)25-22-15-24(32-27(22)30-16-29-25)21-10-6-8-17-11-12-31-26(17)21;1-7-14(5,8-2)12(16)11-13(17)15(6,9-3)10-4;/h4-12,14-16H,1-3H3;11,16H,7-10H2,1-6H3;/q-1;;/b;12-11-;. The van der Waals surface area contributed by atoms with Gasteiger partial charge in [-0.3, -0.25) is 9.78 Å². The van der Waals surface area contributed by atoms with Crippen LogP contribution in [0.25, 0.3) is 55.4 Å². The number of benzene rings is 3.